The minimum absolute atomic E-state index is 0.128. The highest BCUT2D eigenvalue weighted by molar-refractivity contribution is 7.88. The number of hydrogen-bond acceptors (Lipinski definition) is 4. The van der Waals surface area contributed by atoms with Crippen LogP contribution in [0.2, 0.25) is 0 Å². The van der Waals surface area contributed by atoms with Crippen LogP contribution >= 0.6 is 0 Å². The lowest BCUT2D eigenvalue weighted by atomic mass is 9.99. The molecule has 0 spiro atoms. The Morgan fingerprint density at radius 2 is 2.11 bits per heavy atom. The summed E-state index contributed by atoms with van der Waals surface area (Å²) in [5, 5.41) is 0. The van der Waals surface area contributed by atoms with Gasteiger partial charge in [0.05, 0.1) is 12.8 Å². The number of rotatable bonds is 4. The van der Waals surface area contributed by atoms with E-state index in [1.807, 2.05) is 0 Å². The number of benzene rings is 1. The number of ether oxygens (including phenoxy) is 1. The molecule has 1 atom stereocenters. The second kappa shape index (κ2) is 7.72. The zero-order valence-electron chi connectivity index (χ0n) is 15.9. The quantitative estimate of drug-likeness (QED) is 0.789. The first-order chi connectivity index (χ1) is 12.9. The molecule has 0 N–H and O–H groups in total. The van der Waals surface area contributed by atoms with Gasteiger partial charge in [-0.1, -0.05) is 19.1 Å². The fourth-order valence-corrected chi connectivity index (χ4v) is 4.42. The van der Waals surface area contributed by atoms with Gasteiger partial charge in [0.1, 0.15) is 11.4 Å². The van der Waals surface area contributed by atoms with E-state index in [0.717, 1.165) is 30.0 Å². The third-order valence-corrected chi connectivity index (χ3v) is 6.43. The van der Waals surface area contributed by atoms with Crippen molar-refractivity contribution in [2.45, 2.75) is 38.6 Å². The van der Waals surface area contributed by atoms with E-state index in [2.05, 4.69) is 11.3 Å². The number of hydrogen-bond donors (Lipinski definition) is 0. The maximum Gasteiger partial charge on any atom is 0.345 e. The molecule has 1 saturated heterocycles. The number of allylic oxidation sites excluding steroid dienone is 1. The van der Waals surface area contributed by atoms with Gasteiger partial charge in [0.15, 0.2) is 0 Å². The van der Waals surface area contributed by atoms with Crippen LogP contribution in [0.4, 0.5) is 0 Å². The summed E-state index contributed by atoms with van der Waals surface area (Å²) in [5.74, 6) is 0.331. The van der Waals surface area contributed by atoms with Gasteiger partial charge in [-0.05, 0) is 43.9 Å². The van der Waals surface area contributed by atoms with Crippen molar-refractivity contribution >= 4 is 21.8 Å². The molecule has 146 valence electrons. The van der Waals surface area contributed by atoms with Crippen LogP contribution in [0.15, 0.2) is 40.4 Å². The Morgan fingerprint density at radius 1 is 1.33 bits per heavy atom. The lowest BCUT2D eigenvalue weighted by molar-refractivity contribution is -0.131. The van der Waals surface area contributed by atoms with E-state index >= 15 is 0 Å². The van der Waals surface area contributed by atoms with Crippen molar-refractivity contribution in [1.82, 2.24) is 9.21 Å². The molecule has 1 fully saturated rings. The van der Waals surface area contributed by atoms with Crippen LogP contribution in [0.1, 0.15) is 38.2 Å². The molecule has 0 unspecified atom stereocenters. The van der Waals surface area contributed by atoms with Gasteiger partial charge in [0.2, 0.25) is 0 Å². The summed E-state index contributed by atoms with van der Waals surface area (Å²) in [5.41, 5.74) is 0.950. The molecule has 8 heteroatoms. The fraction of sp³-hybridized carbons (Fsp3) is 0.474. The molecule has 0 aliphatic carbocycles. The molecule has 0 aromatic heterocycles. The summed E-state index contributed by atoms with van der Waals surface area (Å²) >= 11 is 0. The lowest BCUT2D eigenvalue weighted by Gasteiger charge is -2.37. The van der Waals surface area contributed by atoms with Gasteiger partial charge >= 0.3 is 10.2 Å². The highest BCUT2D eigenvalue weighted by Gasteiger charge is 2.35. The van der Waals surface area contributed by atoms with Gasteiger partial charge < -0.3 is 9.64 Å². The van der Waals surface area contributed by atoms with Gasteiger partial charge in [0.25, 0.3) is 5.91 Å². The van der Waals surface area contributed by atoms with E-state index in [-0.39, 0.29) is 23.4 Å². The summed E-state index contributed by atoms with van der Waals surface area (Å²) in [6.45, 7) is 2.70. The van der Waals surface area contributed by atoms with Crippen LogP contribution in [-0.2, 0) is 15.0 Å². The molecule has 0 radical (unpaired) electrons. The van der Waals surface area contributed by atoms with Crippen LogP contribution < -0.4 is 4.74 Å². The minimum atomic E-state index is -3.97. The monoisotopic (exact) mass is 391 g/mol. The van der Waals surface area contributed by atoms with Crippen LogP contribution in [0.3, 0.4) is 0 Å². The molecular weight excluding hydrogens is 366 g/mol. The number of carbonyl (C=O) groups is 1. The smallest absolute Gasteiger partial charge is 0.345 e. The van der Waals surface area contributed by atoms with Crippen molar-refractivity contribution in [2.75, 3.05) is 20.7 Å². The Bertz CT molecular complexity index is 892. The number of nitrogens with zero attached hydrogens (tertiary/aromatic N) is 3. The first-order valence-corrected chi connectivity index (χ1v) is 10.5. The molecule has 2 aliphatic heterocycles. The van der Waals surface area contributed by atoms with Crippen molar-refractivity contribution in [3.8, 4) is 5.75 Å². The first-order valence-electron chi connectivity index (χ1n) is 9.13. The minimum Gasteiger partial charge on any atom is -0.497 e. The first kappa shape index (κ1) is 19.4. The van der Waals surface area contributed by atoms with Crippen molar-refractivity contribution < 1.29 is 17.9 Å². The van der Waals surface area contributed by atoms with E-state index in [1.54, 1.807) is 42.4 Å². The third-order valence-electron chi connectivity index (χ3n) is 5.12. The van der Waals surface area contributed by atoms with E-state index in [1.165, 1.54) is 7.05 Å². The number of carbonyl (C=O) groups excluding carboxylic acids is 1. The van der Waals surface area contributed by atoms with E-state index in [4.69, 9.17) is 4.74 Å². The second-order valence-corrected chi connectivity index (χ2v) is 8.37. The molecule has 2 heterocycles. The predicted molar refractivity (Wildman–Crippen MR) is 104 cm³/mol. The third kappa shape index (κ3) is 3.85. The molecule has 7 nitrogen and oxygen atoms in total. The van der Waals surface area contributed by atoms with Gasteiger partial charge in [0, 0.05) is 25.2 Å². The van der Waals surface area contributed by atoms with Crippen molar-refractivity contribution in [2.24, 2.45) is 4.40 Å². The second-order valence-electron chi connectivity index (χ2n) is 6.74. The number of methoxy groups -OCH3 is 1. The average molecular weight is 391 g/mol. The Morgan fingerprint density at radius 3 is 2.81 bits per heavy atom. The van der Waals surface area contributed by atoms with Crippen molar-refractivity contribution in [1.29, 1.82) is 0 Å². The Hall–Kier alpha value is -2.35. The summed E-state index contributed by atoms with van der Waals surface area (Å²) in [4.78, 5) is 15.0. The van der Waals surface area contributed by atoms with Crippen LogP contribution in [0.5, 0.6) is 5.75 Å². The Kier molecular flexibility index (Phi) is 5.55. The molecule has 1 aromatic carbocycles. The number of piperidine rings is 1. The molecule has 0 saturated carbocycles. The van der Waals surface area contributed by atoms with Gasteiger partial charge in [-0.15, -0.1) is 4.40 Å². The predicted octanol–water partition coefficient (Wildman–Crippen LogP) is 2.35. The normalized spacial score (nSPS) is 22.1. The Balaban J connectivity index is 2.01. The fourth-order valence-electron chi connectivity index (χ4n) is 3.51. The molecular formula is C19H25N3O4S. The number of likely N-dealkylation sites (tertiary alicyclic amines) is 1. The summed E-state index contributed by atoms with van der Waals surface area (Å²) in [6, 6.07) is 7.12. The van der Waals surface area contributed by atoms with Gasteiger partial charge in [-0.2, -0.15) is 8.42 Å². The molecule has 1 aromatic rings. The van der Waals surface area contributed by atoms with E-state index < -0.39 is 10.2 Å². The maximum atomic E-state index is 13.2. The summed E-state index contributed by atoms with van der Waals surface area (Å²) < 4.78 is 35.2. The van der Waals surface area contributed by atoms with E-state index in [9.17, 15) is 13.2 Å². The topological polar surface area (TPSA) is 79.3 Å². The largest absolute Gasteiger partial charge is 0.497 e. The molecule has 1 amide bonds. The maximum absolute atomic E-state index is 13.2. The van der Waals surface area contributed by atoms with Crippen molar-refractivity contribution in [3.05, 3.63) is 41.6 Å². The standard InChI is InChI=1S/C19H25N3O4S/c1-4-15-9-5-6-11-22(15)19(23)18-13-17(20-27(24,25)21(18)2)14-8-7-10-16(12-14)26-3/h7-8,10,12-13,15H,4-6,9,11H2,1-3H3/t15-/m1/s1. The zero-order valence-corrected chi connectivity index (χ0v) is 16.7. The van der Waals surface area contributed by atoms with E-state index in [0.29, 0.717) is 17.9 Å². The highest BCUT2D eigenvalue weighted by atomic mass is 32.2. The molecule has 3 rings (SSSR count). The molecule has 2 aliphatic rings. The van der Waals surface area contributed by atoms with Crippen LogP contribution in [0.25, 0.3) is 0 Å². The SMILES string of the molecule is CC[C@@H]1CCCCN1C(=O)C1=CC(c2cccc(OC)c2)=NS(=O)(=O)N1C. The van der Waals surface area contributed by atoms with Crippen molar-refractivity contribution in [3.63, 3.8) is 0 Å². The van der Waals surface area contributed by atoms with Gasteiger partial charge in [-0.25, -0.2) is 4.31 Å². The molecule has 27 heavy (non-hydrogen) atoms. The number of likely N-dealkylation sites (N-methyl/N-ethyl adjacent to an activating group) is 1. The molecule has 0 bridgehead atoms. The Labute approximate surface area is 160 Å². The number of amides is 1. The summed E-state index contributed by atoms with van der Waals surface area (Å²) in [6.07, 6.45) is 5.38. The highest BCUT2D eigenvalue weighted by Crippen LogP contribution is 2.26. The zero-order chi connectivity index (χ0) is 19.6. The summed E-state index contributed by atoms with van der Waals surface area (Å²) in [7, 11) is -1.06. The van der Waals surface area contributed by atoms with Crippen LogP contribution in [0, 0.1) is 0 Å². The lowest BCUT2D eigenvalue weighted by Crippen LogP contribution is -2.47. The van der Waals surface area contributed by atoms with Gasteiger partial charge in [-0.3, -0.25) is 4.79 Å². The average Bonchev–Trinajstić information content (AvgIpc) is 2.69. The van der Waals surface area contributed by atoms with Crippen LogP contribution in [-0.4, -0.2) is 56.0 Å².